The van der Waals surface area contributed by atoms with E-state index >= 15 is 0 Å². The van der Waals surface area contributed by atoms with Gasteiger partial charge in [-0.1, -0.05) is 18.2 Å². The van der Waals surface area contributed by atoms with Crippen molar-refractivity contribution >= 4 is 5.91 Å². The number of nitrogens with one attached hydrogen (secondary N) is 1. The highest BCUT2D eigenvalue weighted by atomic mass is 16.5. The number of carbonyl (C=O) groups excluding carboxylic acids is 1. The van der Waals surface area contributed by atoms with E-state index in [1.807, 2.05) is 42.3 Å². The van der Waals surface area contributed by atoms with Crippen LogP contribution < -0.4 is 10.1 Å². The Morgan fingerprint density at radius 2 is 2.11 bits per heavy atom. The maximum absolute atomic E-state index is 11.9. The van der Waals surface area contributed by atoms with Crippen molar-refractivity contribution in [3.63, 3.8) is 0 Å². The van der Waals surface area contributed by atoms with Crippen molar-refractivity contribution in [1.82, 2.24) is 10.2 Å². The van der Waals surface area contributed by atoms with Gasteiger partial charge in [0.2, 0.25) is 5.91 Å². The van der Waals surface area contributed by atoms with Gasteiger partial charge in [0, 0.05) is 20.0 Å². The van der Waals surface area contributed by atoms with Crippen LogP contribution in [0.2, 0.25) is 0 Å². The van der Waals surface area contributed by atoms with Gasteiger partial charge in [-0.15, -0.1) is 0 Å². The van der Waals surface area contributed by atoms with E-state index in [9.17, 15) is 4.79 Å². The molecule has 2 rings (SSSR count). The Labute approximate surface area is 114 Å². The lowest BCUT2D eigenvalue weighted by atomic mass is 9.99. The molecular weight excluding hydrogens is 240 g/mol. The summed E-state index contributed by atoms with van der Waals surface area (Å²) in [4.78, 5) is 13.7. The molecule has 0 radical (unpaired) electrons. The first-order valence-corrected chi connectivity index (χ1v) is 6.88. The third kappa shape index (κ3) is 4.56. The molecule has 0 spiro atoms. The third-order valence-electron chi connectivity index (χ3n) is 3.40. The number of nitrogens with zero attached hydrogens (tertiary/aromatic N) is 1. The molecule has 4 nitrogen and oxygen atoms in total. The normalized spacial score (nSPS) is 14.8. The zero-order chi connectivity index (χ0) is 13.5. The second kappa shape index (κ2) is 7.14. The summed E-state index contributed by atoms with van der Waals surface area (Å²) in [5.41, 5.74) is 0. The molecule has 1 aliphatic heterocycles. The molecule has 0 saturated carbocycles. The van der Waals surface area contributed by atoms with E-state index in [1.165, 1.54) is 0 Å². The van der Waals surface area contributed by atoms with Crippen LogP contribution in [0.25, 0.3) is 0 Å². The van der Waals surface area contributed by atoms with Crippen molar-refractivity contribution in [2.45, 2.75) is 12.8 Å². The molecule has 1 aromatic carbocycles. The minimum Gasteiger partial charge on any atom is -0.494 e. The van der Waals surface area contributed by atoms with Gasteiger partial charge in [0.15, 0.2) is 0 Å². The van der Waals surface area contributed by atoms with Crippen molar-refractivity contribution in [2.24, 2.45) is 5.92 Å². The van der Waals surface area contributed by atoms with Crippen LogP contribution in [-0.2, 0) is 4.79 Å². The van der Waals surface area contributed by atoms with Crippen LogP contribution >= 0.6 is 0 Å². The van der Waals surface area contributed by atoms with Crippen LogP contribution in [0.3, 0.4) is 0 Å². The van der Waals surface area contributed by atoms with Crippen molar-refractivity contribution in [1.29, 1.82) is 0 Å². The number of carbonyl (C=O) groups is 1. The topological polar surface area (TPSA) is 41.6 Å². The van der Waals surface area contributed by atoms with Crippen LogP contribution in [0.1, 0.15) is 12.8 Å². The maximum atomic E-state index is 11.9. The summed E-state index contributed by atoms with van der Waals surface area (Å²) in [7, 11) is 1.87. The zero-order valence-corrected chi connectivity index (χ0v) is 11.5. The Balaban J connectivity index is 1.58. The highest BCUT2D eigenvalue weighted by Crippen LogP contribution is 2.11. The average molecular weight is 262 g/mol. The summed E-state index contributed by atoms with van der Waals surface area (Å²) in [5, 5.41) is 3.19. The van der Waals surface area contributed by atoms with Crippen molar-refractivity contribution in [3.8, 4) is 5.75 Å². The minimum atomic E-state index is 0.242. The van der Waals surface area contributed by atoms with Gasteiger partial charge in [-0.2, -0.15) is 0 Å². The molecule has 19 heavy (non-hydrogen) atoms. The summed E-state index contributed by atoms with van der Waals surface area (Å²) in [5.74, 6) is 1.67. The van der Waals surface area contributed by atoms with Gasteiger partial charge in [-0.3, -0.25) is 4.79 Å². The molecule has 1 N–H and O–H groups in total. The second-order valence-electron chi connectivity index (χ2n) is 5.06. The largest absolute Gasteiger partial charge is 0.494 e. The molecular formula is C15H22N2O2. The molecule has 1 aromatic rings. The van der Waals surface area contributed by atoms with Gasteiger partial charge in [-0.25, -0.2) is 0 Å². The summed E-state index contributed by atoms with van der Waals surface area (Å²) in [6.07, 6.45) is 1.53. The predicted molar refractivity (Wildman–Crippen MR) is 75.2 cm³/mol. The van der Waals surface area contributed by atoms with Gasteiger partial charge >= 0.3 is 0 Å². The Bertz CT molecular complexity index is 390. The van der Waals surface area contributed by atoms with Crippen molar-refractivity contribution in [2.75, 3.05) is 33.3 Å². The van der Waals surface area contributed by atoms with Crippen LogP contribution in [-0.4, -0.2) is 44.1 Å². The Morgan fingerprint density at radius 3 is 2.74 bits per heavy atom. The number of ether oxygens (including phenoxy) is 1. The highest BCUT2D eigenvalue weighted by Gasteiger charge is 2.21. The predicted octanol–water partition coefficient (Wildman–Crippen LogP) is 1.52. The molecule has 1 aliphatic rings. The smallest absolute Gasteiger partial charge is 0.222 e. The van der Waals surface area contributed by atoms with Gasteiger partial charge in [0.25, 0.3) is 0 Å². The molecule has 0 aliphatic carbocycles. The minimum absolute atomic E-state index is 0.242. The van der Waals surface area contributed by atoms with E-state index in [0.29, 0.717) is 18.9 Å². The third-order valence-corrected chi connectivity index (χ3v) is 3.40. The fourth-order valence-electron chi connectivity index (χ4n) is 2.03. The lowest BCUT2D eigenvalue weighted by Gasteiger charge is -2.28. The molecule has 1 fully saturated rings. The monoisotopic (exact) mass is 262 g/mol. The standard InChI is InChI=1S/C15H22N2O2/c1-17(15(18)10-13-11-16-12-13)8-5-9-19-14-6-3-2-4-7-14/h2-4,6-7,13,16H,5,8-12H2,1H3. The lowest BCUT2D eigenvalue weighted by Crippen LogP contribution is -2.44. The molecule has 0 unspecified atom stereocenters. The van der Waals surface area contributed by atoms with Crippen molar-refractivity contribution in [3.05, 3.63) is 30.3 Å². The average Bonchev–Trinajstić information content (AvgIpc) is 2.39. The molecule has 1 heterocycles. The highest BCUT2D eigenvalue weighted by molar-refractivity contribution is 5.76. The van der Waals surface area contributed by atoms with E-state index in [2.05, 4.69) is 5.32 Å². The molecule has 1 amide bonds. The summed E-state index contributed by atoms with van der Waals surface area (Å²) in [6, 6.07) is 9.76. The quantitative estimate of drug-likeness (QED) is 0.758. The summed E-state index contributed by atoms with van der Waals surface area (Å²) in [6.45, 7) is 3.37. The second-order valence-corrected chi connectivity index (χ2v) is 5.06. The summed E-state index contributed by atoms with van der Waals surface area (Å²) >= 11 is 0. The Morgan fingerprint density at radius 1 is 1.37 bits per heavy atom. The van der Waals surface area contributed by atoms with Crippen LogP contribution in [0.5, 0.6) is 5.75 Å². The van der Waals surface area contributed by atoms with Crippen LogP contribution in [0.4, 0.5) is 0 Å². The number of para-hydroxylation sites is 1. The van der Waals surface area contributed by atoms with E-state index in [0.717, 1.165) is 31.8 Å². The SMILES string of the molecule is CN(CCCOc1ccccc1)C(=O)CC1CNC1. The first kappa shape index (κ1) is 13.9. The fourth-order valence-corrected chi connectivity index (χ4v) is 2.03. The number of rotatable bonds is 7. The van der Waals surface area contributed by atoms with E-state index in [1.54, 1.807) is 0 Å². The number of benzene rings is 1. The lowest BCUT2D eigenvalue weighted by molar-refractivity contribution is -0.131. The van der Waals surface area contributed by atoms with Crippen LogP contribution in [0, 0.1) is 5.92 Å². The summed E-state index contributed by atoms with van der Waals surface area (Å²) < 4.78 is 5.60. The van der Waals surface area contributed by atoms with E-state index in [4.69, 9.17) is 4.74 Å². The van der Waals surface area contributed by atoms with Gasteiger partial charge in [0.05, 0.1) is 6.61 Å². The maximum Gasteiger partial charge on any atom is 0.222 e. The Hall–Kier alpha value is -1.55. The fraction of sp³-hybridized carbons (Fsp3) is 0.533. The first-order chi connectivity index (χ1) is 9.25. The van der Waals surface area contributed by atoms with E-state index < -0.39 is 0 Å². The number of amides is 1. The molecule has 104 valence electrons. The molecule has 0 bridgehead atoms. The van der Waals surface area contributed by atoms with E-state index in [-0.39, 0.29) is 5.91 Å². The molecule has 1 saturated heterocycles. The van der Waals surface area contributed by atoms with Gasteiger partial charge in [-0.05, 0) is 37.6 Å². The van der Waals surface area contributed by atoms with Crippen LogP contribution in [0.15, 0.2) is 30.3 Å². The molecule has 0 atom stereocenters. The molecule has 4 heteroatoms. The number of hydrogen-bond acceptors (Lipinski definition) is 3. The first-order valence-electron chi connectivity index (χ1n) is 6.88. The molecule has 0 aromatic heterocycles. The van der Waals surface area contributed by atoms with Crippen molar-refractivity contribution < 1.29 is 9.53 Å². The number of hydrogen-bond donors (Lipinski definition) is 1. The van der Waals surface area contributed by atoms with Gasteiger partial charge < -0.3 is 15.0 Å². The van der Waals surface area contributed by atoms with Gasteiger partial charge in [0.1, 0.15) is 5.75 Å². The zero-order valence-electron chi connectivity index (χ0n) is 11.5. The Kier molecular flexibility index (Phi) is 5.21.